The van der Waals surface area contributed by atoms with Crippen LogP contribution in [0.5, 0.6) is 0 Å². The van der Waals surface area contributed by atoms with Gasteiger partial charge in [-0.05, 0) is 35.2 Å². The van der Waals surface area contributed by atoms with Crippen molar-refractivity contribution in [3.63, 3.8) is 0 Å². The average Bonchev–Trinajstić information content (AvgIpc) is 2.75. The molecule has 0 saturated heterocycles. The number of hydrazine groups is 1. The van der Waals surface area contributed by atoms with Gasteiger partial charge < -0.3 is 0 Å². The topological polar surface area (TPSA) is 38.0 Å². The Morgan fingerprint density at radius 1 is 1.40 bits per heavy atom. The quantitative estimate of drug-likeness (QED) is 0.406. The summed E-state index contributed by atoms with van der Waals surface area (Å²) in [5.74, 6) is 5.56. The number of thiophene rings is 1. The lowest BCUT2D eigenvalue weighted by molar-refractivity contribution is 0.463. The van der Waals surface area contributed by atoms with Gasteiger partial charge in [-0.3, -0.25) is 11.3 Å². The van der Waals surface area contributed by atoms with Crippen LogP contribution in [-0.4, -0.2) is 6.04 Å². The summed E-state index contributed by atoms with van der Waals surface area (Å²) in [6.07, 6.45) is 7.50. The third-order valence-corrected chi connectivity index (χ3v) is 3.44. The first-order chi connectivity index (χ1) is 7.36. The number of nitrogens with two attached hydrogens (primary N) is 1. The third-order valence-electron chi connectivity index (χ3n) is 2.70. The fourth-order valence-electron chi connectivity index (χ4n) is 1.76. The molecule has 86 valence electrons. The Hall–Kier alpha value is -0.380. The van der Waals surface area contributed by atoms with Crippen molar-refractivity contribution < 1.29 is 0 Å². The van der Waals surface area contributed by atoms with E-state index in [4.69, 9.17) is 5.84 Å². The summed E-state index contributed by atoms with van der Waals surface area (Å²) in [5.41, 5.74) is 4.32. The fourth-order valence-corrected chi connectivity index (χ4v) is 2.44. The molecule has 0 saturated carbocycles. The van der Waals surface area contributed by atoms with Crippen LogP contribution in [0.2, 0.25) is 0 Å². The molecule has 0 aliphatic rings. The molecule has 1 rings (SSSR count). The Bertz CT molecular complexity index is 234. The summed E-state index contributed by atoms with van der Waals surface area (Å²) in [4.78, 5) is 0. The number of nitrogens with one attached hydrogen (secondary N) is 1. The Labute approximate surface area is 96.9 Å². The predicted octanol–water partition coefficient (Wildman–Crippen LogP) is 3.09. The lowest BCUT2D eigenvalue weighted by Crippen LogP contribution is -2.36. The highest BCUT2D eigenvalue weighted by atomic mass is 32.1. The largest absolute Gasteiger partial charge is 0.271 e. The first-order valence-corrected chi connectivity index (χ1v) is 6.78. The van der Waals surface area contributed by atoms with Gasteiger partial charge in [0.05, 0.1) is 0 Å². The number of hydrogen-bond acceptors (Lipinski definition) is 3. The van der Waals surface area contributed by atoms with Gasteiger partial charge in [-0.2, -0.15) is 11.3 Å². The van der Waals surface area contributed by atoms with Gasteiger partial charge in [0.1, 0.15) is 0 Å². The molecule has 15 heavy (non-hydrogen) atoms. The summed E-state index contributed by atoms with van der Waals surface area (Å²) < 4.78 is 0. The first kappa shape index (κ1) is 12.7. The predicted molar refractivity (Wildman–Crippen MR) is 67.9 cm³/mol. The monoisotopic (exact) mass is 226 g/mol. The normalized spacial score (nSPS) is 12.9. The van der Waals surface area contributed by atoms with Crippen LogP contribution in [0.15, 0.2) is 16.8 Å². The van der Waals surface area contributed by atoms with Crippen molar-refractivity contribution in [3.8, 4) is 0 Å². The first-order valence-electron chi connectivity index (χ1n) is 5.84. The van der Waals surface area contributed by atoms with Gasteiger partial charge >= 0.3 is 0 Å². The van der Waals surface area contributed by atoms with Gasteiger partial charge in [-0.15, -0.1) is 0 Å². The molecule has 3 N–H and O–H groups in total. The highest BCUT2D eigenvalue weighted by Crippen LogP contribution is 2.12. The average molecular weight is 226 g/mol. The summed E-state index contributed by atoms with van der Waals surface area (Å²) in [5, 5.41) is 4.33. The number of unbranched alkanes of at least 4 members (excludes halogenated alkanes) is 3. The minimum Gasteiger partial charge on any atom is -0.271 e. The Morgan fingerprint density at radius 3 is 2.87 bits per heavy atom. The van der Waals surface area contributed by atoms with Crippen LogP contribution < -0.4 is 11.3 Å². The van der Waals surface area contributed by atoms with Crippen LogP contribution in [0.1, 0.15) is 44.6 Å². The molecule has 1 unspecified atom stereocenters. The van der Waals surface area contributed by atoms with Gasteiger partial charge in [0, 0.05) is 6.04 Å². The Kier molecular flexibility index (Phi) is 6.64. The maximum Gasteiger partial charge on any atom is 0.0251 e. The molecule has 1 aromatic heterocycles. The van der Waals surface area contributed by atoms with Gasteiger partial charge in [0.25, 0.3) is 0 Å². The second-order valence-electron chi connectivity index (χ2n) is 4.05. The van der Waals surface area contributed by atoms with Gasteiger partial charge in [-0.1, -0.05) is 32.6 Å². The van der Waals surface area contributed by atoms with E-state index in [9.17, 15) is 0 Å². The Balaban J connectivity index is 2.18. The highest BCUT2D eigenvalue weighted by molar-refractivity contribution is 7.07. The lowest BCUT2D eigenvalue weighted by Gasteiger charge is -2.14. The van der Waals surface area contributed by atoms with Crippen molar-refractivity contribution in [2.75, 3.05) is 0 Å². The molecule has 0 aromatic carbocycles. The van der Waals surface area contributed by atoms with E-state index in [1.165, 1.54) is 37.7 Å². The van der Waals surface area contributed by atoms with Crippen molar-refractivity contribution in [3.05, 3.63) is 22.4 Å². The molecule has 0 radical (unpaired) electrons. The molecule has 1 atom stereocenters. The zero-order valence-electron chi connectivity index (χ0n) is 9.54. The molecule has 1 aromatic rings. The minimum absolute atomic E-state index is 0.441. The van der Waals surface area contributed by atoms with Crippen LogP contribution in [-0.2, 0) is 6.42 Å². The van der Waals surface area contributed by atoms with Crippen LogP contribution in [0.4, 0.5) is 0 Å². The van der Waals surface area contributed by atoms with E-state index < -0.39 is 0 Å². The molecular formula is C12H22N2S. The standard InChI is InChI=1S/C12H22N2S/c1-2-3-4-5-6-12(14-13)9-11-7-8-15-10-11/h7-8,10,12,14H,2-6,9,13H2,1H3. The van der Waals surface area contributed by atoms with E-state index in [-0.39, 0.29) is 0 Å². The molecule has 0 aliphatic heterocycles. The van der Waals surface area contributed by atoms with E-state index in [0.717, 1.165) is 6.42 Å². The van der Waals surface area contributed by atoms with Crippen molar-refractivity contribution >= 4 is 11.3 Å². The zero-order chi connectivity index (χ0) is 10.9. The van der Waals surface area contributed by atoms with E-state index in [1.807, 2.05) is 0 Å². The van der Waals surface area contributed by atoms with Crippen LogP contribution in [0.3, 0.4) is 0 Å². The van der Waals surface area contributed by atoms with Crippen molar-refractivity contribution in [2.45, 2.75) is 51.5 Å². The summed E-state index contributed by atoms with van der Waals surface area (Å²) in [6.45, 7) is 2.24. The van der Waals surface area contributed by atoms with Gasteiger partial charge in [-0.25, -0.2) is 0 Å². The molecule has 1 heterocycles. The summed E-state index contributed by atoms with van der Waals surface area (Å²) in [6, 6.07) is 2.62. The minimum atomic E-state index is 0.441. The number of rotatable bonds is 8. The second kappa shape index (κ2) is 7.85. The maximum atomic E-state index is 5.56. The molecule has 0 aliphatic carbocycles. The molecule has 0 amide bonds. The van der Waals surface area contributed by atoms with Crippen molar-refractivity contribution in [2.24, 2.45) is 5.84 Å². The third kappa shape index (κ3) is 5.30. The van der Waals surface area contributed by atoms with Crippen LogP contribution in [0.25, 0.3) is 0 Å². The lowest BCUT2D eigenvalue weighted by atomic mass is 10.0. The van der Waals surface area contributed by atoms with Crippen molar-refractivity contribution in [1.82, 2.24) is 5.43 Å². The summed E-state index contributed by atoms with van der Waals surface area (Å²) >= 11 is 1.76. The number of hydrogen-bond donors (Lipinski definition) is 2. The van der Waals surface area contributed by atoms with Crippen LogP contribution >= 0.6 is 11.3 Å². The molecule has 3 heteroatoms. The van der Waals surface area contributed by atoms with Gasteiger partial charge in [0.2, 0.25) is 0 Å². The highest BCUT2D eigenvalue weighted by Gasteiger charge is 2.07. The molecular weight excluding hydrogens is 204 g/mol. The molecule has 0 bridgehead atoms. The molecule has 2 nitrogen and oxygen atoms in total. The molecule has 0 spiro atoms. The van der Waals surface area contributed by atoms with Crippen molar-refractivity contribution in [1.29, 1.82) is 0 Å². The summed E-state index contributed by atoms with van der Waals surface area (Å²) in [7, 11) is 0. The van der Waals surface area contributed by atoms with E-state index in [0.29, 0.717) is 6.04 Å². The van der Waals surface area contributed by atoms with E-state index in [2.05, 4.69) is 29.2 Å². The van der Waals surface area contributed by atoms with E-state index >= 15 is 0 Å². The molecule has 0 fully saturated rings. The van der Waals surface area contributed by atoms with Gasteiger partial charge in [0.15, 0.2) is 0 Å². The maximum absolute atomic E-state index is 5.56. The second-order valence-corrected chi connectivity index (χ2v) is 4.83. The fraction of sp³-hybridized carbons (Fsp3) is 0.667. The Morgan fingerprint density at radius 2 is 2.27 bits per heavy atom. The zero-order valence-corrected chi connectivity index (χ0v) is 10.4. The smallest absolute Gasteiger partial charge is 0.0251 e. The van der Waals surface area contributed by atoms with Crippen LogP contribution in [0, 0.1) is 0 Å². The van der Waals surface area contributed by atoms with E-state index in [1.54, 1.807) is 11.3 Å². The SMILES string of the molecule is CCCCCCC(Cc1ccsc1)NN.